The summed E-state index contributed by atoms with van der Waals surface area (Å²) in [5, 5.41) is 1.01. The number of carbonyl (C=O) groups excluding carboxylic acids is 1. The first-order valence-corrected chi connectivity index (χ1v) is 6.81. The van der Waals surface area contributed by atoms with Crippen molar-refractivity contribution in [3.05, 3.63) is 64.2 Å². The van der Waals surface area contributed by atoms with Crippen molar-refractivity contribution >= 4 is 29.0 Å². The second-order valence-corrected chi connectivity index (χ2v) is 5.46. The molecule has 0 spiro atoms. The Hall–Kier alpha value is -1.97. The number of H-pyrrole nitrogens is 1. The van der Waals surface area contributed by atoms with Crippen molar-refractivity contribution in [3.63, 3.8) is 0 Å². The molecule has 0 saturated carbocycles. The first kappa shape index (κ1) is 11.8. The lowest BCUT2D eigenvalue weighted by molar-refractivity contribution is 0.103. The highest BCUT2D eigenvalue weighted by Gasteiger charge is 2.30. The van der Waals surface area contributed by atoms with E-state index in [2.05, 4.69) is 4.98 Å². The molecule has 3 heterocycles. The Kier molecular flexibility index (Phi) is 2.37. The molecular weight excluding hydrogens is 295 g/mol. The fraction of sp³-hybridized carbons (Fsp3) is 0. The van der Waals surface area contributed by atoms with Gasteiger partial charge in [0.2, 0.25) is 5.78 Å². The Labute approximate surface area is 124 Å². The van der Waals surface area contributed by atoms with Gasteiger partial charge in [-0.05, 0) is 29.8 Å². The molecular formula is C15H8Cl2N2O. The number of hydrogen-bond acceptors (Lipinski definition) is 1. The van der Waals surface area contributed by atoms with Gasteiger partial charge in [0.1, 0.15) is 5.69 Å². The third-order valence-electron chi connectivity index (χ3n) is 3.53. The molecule has 20 heavy (non-hydrogen) atoms. The molecule has 0 amide bonds. The molecule has 0 aliphatic carbocycles. The smallest absolute Gasteiger partial charge is 0.228 e. The molecule has 3 aromatic rings. The average molecular weight is 303 g/mol. The molecule has 2 aromatic heterocycles. The summed E-state index contributed by atoms with van der Waals surface area (Å²) in [6.45, 7) is 0. The molecule has 98 valence electrons. The normalized spacial score (nSPS) is 12.6. The summed E-state index contributed by atoms with van der Waals surface area (Å²) in [7, 11) is 0. The number of fused-ring (bicyclic) bond motifs is 3. The molecule has 0 atom stereocenters. The van der Waals surface area contributed by atoms with Crippen molar-refractivity contribution in [2.45, 2.75) is 0 Å². The summed E-state index contributed by atoms with van der Waals surface area (Å²) in [4.78, 5) is 15.3. The first-order valence-electron chi connectivity index (χ1n) is 6.06. The lowest BCUT2D eigenvalue weighted by Crippen LogP contribution is -1.96. The van der Waals surface area contributed by atoms with Crippen LogP contribution in [0.3, 0.4) is 0 Å². The predicted octanol–water partition coefficient (Wildman–Crippen LogP) is 4.32. The van der Waals surface area contributed by atoms with E-state index >= 15 is 0 Å². The number of halogens is 2. The Balaban J connectivity index is 1.98. The van der Waals surface area contributed by atoms with Gasteiger partial charge >= 0.3 is 0 Å². The molecule has 0 fully saturated rings. The minimum Gasteiger partial charge on any atom is -0.356 e. The monoisotopic (exact) mass is 302 g/mol. The molecule has 0 unspecified atom stereocenters. The minimum atomic E-state index is 0.0105. The van der Waals surface area contributed by atoms with Crippen molar-refractivity contribution in [1.82, 2.24) is 9.55 Å². The largest absolute Gasteiger partial charge is 0.356 e. The lowest BCUT2D eigenvalue weighted by Gasteiger charge is -2.05. The van der Waals surface area contributed by atoms with Gasteiger partial charge in [-0.2, -0.15) is 0 Å². The van der Waals surface area contributed by atoms with Gasteiger partial charge in [-0.15, -0.1) is 0 Å². The zero-order valence-corrected chi connectivity index (χ0v) is 11.7. The van der Waals surface area contributed by atoms with Crippen LogP contribution in [-0.2, 0) is 0 Å². The zero-order chi connectivity index (χ0) is 13.9. The van der Waals surface area contributed by atoms with E-state index in [4.69, 9.17) is 23.2 Å². The van der Waals surface area contributed by atoms with Crippen LogP contribution in [0.15, 0.2) is 42.7 Å². The maximum atomic E-state index is 12.2. The second-order valence-electron chi connectivity index (χ2n) is 4.65. The van der Waals surface area contributed by atoms with Crippen LogP contribution in [0.2, 0.25) is 10.0 Å². The van der Waals surface area contributed by atoms with E-state index in [-0.39, 0.29) is 5.78 Å². The summed E-state index contributed by atoms with van der Waals surface area (Å²) in [6, 6.07) is 9.13. The number of ketones is 1. The van der Waals surface area contributed by atoms with Crippen LogP contribution in [0.1, 0.15) is 16.2 Å². The Morgan fingerprint density at radius 3 is 2.75 bits per heavy atom. The Morgan fingerprint density at radius 1 is 1.10 bits per heavy atom. The molecule has 3 nitrogen and oxygen atoms in total. The fourth-order valence-corrected chi connectivity index (χ4v) is 2.91. The predicted molar refractivity (Wildman–Crippen MR) is 79.0 cm³/mol. The first-order chi connectivity index (χ1) is 9.66. The molecule has 1 aliphatic heterocycles. The maximum absolute atomic E-state index is 12.2. The molecule has 0 saturated heterocycles. The molecule has 0 bridgehead atoms. The van der Waals surface area contributed by atoms with Crippen LogP contribution in [0, 0.1) is 0 Å². The van der Waals surface area contributed by atoms with Gasteiger partial charge < -0.3 is 9.55 Å². The number of nitrogens with one attached hydrogen (secondary N) is 1. The van der Waals surface area contributed by atoms with Gasteiger partial charge in [-0.3, -0.25) is 4.79 Å². The summed E-state index contributed by atoms with van der Waals surface area (Å²) >= 11 is 12.0. The van der Waals surface area contributed by atoms with E-state index in [1.54, 1.807) is 12.1 Å². The van der Waals surface area contributed by atoms with Gasteiger partial charge in [0, 0.05) is 18.0 Å². The number of carbonyl (C=O) groups is 1. The van der Waals surface area contributed by atoms with Crippen molar-refractivity contribution in [3.8, 4) is 16.8 Å². The van der Waals surface area contributed by atoms with Gasteiger partial charge in [0.25, 0.3) is 0 Å². The summed E-state index contributed by atoms with van der Waals surface area (Å²) < 4.78 is 1.89. The number of rotatable bonds is 1. The third-order valence-corrected chi connectivity index (χ3v) is 4.27. The number of hydrogen-bond donors (Lipinski definition) is 1. The highest BCUT2D eigenvalue weighted by Crippen LogP contribution is 2.38. The van der Waals surface area contributed by atoms with Crippen LogP contribution in [0.4, 0.5) is 0 Å². The zero-order valence-electron chi connectivity index (χ0n) is 10.2. The van der Waals surface area contributed by atoms with E-state index in [1.165, 1.54) is 0 Å². The number of benzene rings is 1. The Bertz CT molecular complexity index is 861. The number of nitrogens with zero attached hydrogens (tertiary/aromatic N) is 1. The van der Waals surface area contributed by atoms with Crippen molar-refractivity contribution in [1.29, 1.82) is 0 Å². The maximum Gasteiger partial charge on any atom is 0.228 e. The van der Waals surface area contributed by atoms with E-state index in [0.29, 0.717) is 21.4 Å². The van der Waals surface area contributed by atoms with Crippen LogP contribution < -0.4 is 0 Å². The van der Waals surface area contributed by atoms with Crippen LogP contribution in [-0.4, -0.2) is 15.3 Å². The standard InChI is InChI=1S/C15H8Cl2N2O/c16-10-4-3-8(6-11(10)17)9-7-18-13-14(9)19-5-1-2-12(19)15(13)20/h1-7,18H. The highest BCUT2D eigenvalue weighted by molar-refractivity contribution is 6.42. The third kappa shape index (κ3) is 1.45. The van der Waals surface area contributed by atoms with Crippen LogP contribution in [0.5, 0.6) is 0 Å². The minimum absolute atomic E-state index is 0.0105. The fourth-order valence-electron chi connectivity index (χ4n) is 2.61. The van der Waals surface area contributed by atoms with Crippen LogP contribution >= 0.6 is 23.2 Å². The summed E-state index contributed by atoms with van der Waals surface area (Å²) in [5.41, 5.74) is 4.01. The van der Waals surface area contributed by atoms with Gasteiger partial charge in [0.15, 0.2) is 0 Å². The number of aromatic nitrogens is 2. The second kappa shape index (κ2) is 4.01. The molecule has 0 radical (unpaired) electrons. The highest BCUT2D eigenvalue weighted by atomic mass is 35.5. The molecule has 5 heteroatoms. The van der Waals surface area contributed by atoms with E-state index < -0.39 is 0 Å². The van der Waals surface area contributed by atoms with E-state index in [1.807, 2.05) is 35.2 Å². The average Bonchev–Trinajstić information content (AvgIpc) is 3.09. The molecule has 1 aromatic carbocycles. The number of aromatic amines is 1. The topological polar surface area (TPSA) is 37.8 Å². The SMILES string of the molecule is O=C1c2[nH]cc(-c3ccc(Cl)c(Cl)c3)c2-n2cccc21. The van der Waals surface area contributed by atoms with Gasteiger partial charge in [-0.1, -0.05) is 29.3 Å². The van der Waals surface area contributed by atoms with Crippen molar-refractivity contribution in [2.75, 3.05) is 0 Å². The van der Waals surface area contributed by atoms with Gasteiger partial charge in [-0.25, -0.2) is 0 Å². The van der Waals surface area contributed by atoms with Crippen molar-refractivity contribution in [2.24, 2.45) is 0 Å². The molecule has 1 N–H and O–H groups in total. The molecule has 1 aliphatic rings. The quantitative estimate of drug-likeness (QED) is 0.558. The van der Waals surface area contributed by atoms with Gasteiger partial charge in [0.05, 0.1) is 21.4 Å². The lowest BCUT2D eigenvalue weighted by atomic mass is 10.1. The van der Waals surface area contributed by atoms with Crippen LogP contribution in [0.25, 0.3) is 16.8 Å². The van der Waals surface area contributed by atoms with E-state index in [0.717, 1.165) is 16.8 Å². The summed E-state index contributed by atoms with van der Waals surface area (Å²) in [5.74, 6) is 0.0105. The van der Waals surface area contributed by atoms with E-state index in [9.17, 15) is 4.79 Å². The summed E-state index contributed by atoms with van der Waals surface area (Å²) in [6.07, 6.45) is 3.71. The molecule has 4 rings (SSSR count). The Morgan fingerprint density at radius 2 is 1.95 bits per heavy atom. The van der Waals surface area contributed by atoms with Crippen molar-refractivity contribution < 1.29 is 4.79 Å².